The van der Waals surface area contributed by atoms with Gasteiger partial charge in [0, 0.05) is 5.69 Å². The van der Waals surface area contributed by atoms with E-state index in [-0.39, 0.29) is 16.1 Å². The minimum Gasteiger partial charge on any atom is -0.224 e. The van der Waals surface area contributed by atoms with E-state index in [1.165, 1.54) is 6.07 Å². The van der Waals surface area contributed by atoms with Crippen molar-refractivity contribution in [2.24, 2.45) is 0 Å². The Morgan fingerprint density at radius 1 is 1.17 bits per heavy atom. The zero-order valence-corrected chi connectivity index (χ0v) is 11.2. The molecule has 1 aromatic heterocycles. The first-order valence-electron chi connectivity index (χ1n) is 5.25. The molecule has 0 aliphatic carbocycles. The zero-order valence-electron chi connectivity index (χ0n) is 9.67. The predicted molar refractivity (Wildman–Crippen MR) is 69.1 cm³/mol. The van der Waals surface area contributed by atoms with Gasteiger partial charge in [-0.05, 0) is 18.6 Å². The summed E-state index contributed by atoms with van der Waals surface area (Å²) < 4.78 is 24.2. The van der Waals surface area contributed by atoms with Crippen molar-refractivity contribution in [2.75, 3.05) is 0 Å². The smallest absolute Gasteiger partial charge is 0.224 e. The molecular weight excluding hydrogens is 272 g/mol. The molecule has 0 atom stereocenters. The second kappa shape index (κ2) is 5.04. The van der Waals surface area contributed by atoms with Crippen molar-refractivity contribution in [3.8, 4) is 0 Å². The largest absolute Gasteiger partial charge is 0.249 e. The third-order valence-corrected chi connectivity index (χ3v) is 3.93. The molecule has 4 nitrogen and oxygen atoms in total. The number of halogens is 1. The third kappa shape index (κ3) is 3.05. The van der Waals surface area contributed by atoms with Gasteiger partial charge >= 0.3 is 0 Å². The van der Waals surface area contributed by atoms with Gasteiger partial charge in [-0.2, -0.15) is 0 Å². The summed E-state index contributed by atoms with van der Waals surface area (Å²) in [6.45, 7) is 1.68. The van der Waals surface area contributed by atoms with Crippen molar-refractivity contribution >= 4 is 21.4 Å². The van der Waals surface area contributed by atoms with Crippen LogP contribution in [0.3, 0.4) is 0 Å². The van der Waals surface area contributed by atoms with Gasteiger partial charge in [-0.25, -0.2) is 18.4 Å². The highest BCUT2D eigenvalue weighted by molar-refractivity contribution is 7.90. The van der Waals surface area contributed by atoms with Crippen LogP contribution in [0.15, 0.2) is 41.6 Å². The Morgan fingerprint density at radius 3 is 2.44 bits per heavy atom. The predicted octanol–water partition coefficient (Wildman–Crippen LogP) is 2.41. The zero-order chi connectivity index (χ0) is 13.2. The number of hydrogen-bond donors (Lipinski definition) is 0. The molecule has 94 valence electrons. The molecule has 0 amide bonds. The van der Waals surface area contributed by atoms with E-state index >= 15 is 0 Å². The molecule has 0 saturated carbocycles. The maximum atomic E-state index is 12.1. The molecule has 0 radical (unpaired) electrons. The quantitative estimate of drug-likeness (QED) is 0.641. The minimum atomic E-state index is -3.56. The molecule has 0 unspecified atom stereocenters. The topological polar surface area (TPSA) is 59.9 Å². The molecular formula is C12H11ClN2O2S. The Balaban J connectivity index is 2.37. The van der Waals surface area contributed by atoms with Crippen LogP contribution in [0.25, 0.3) is 0 Å². The summed E-state index contributed by atoms with van der Waals surface area (Å²) in [6.07, 6.45) is 0. The van der Waals surface area contributed by atoms with E-state index < -0.39 is 9.84 Å². The number of rotatable bonds is 3. The van der Waals surface area contributed by atoms with Crippen LogP contribution in [-0.4, -0.2) is 18.4 Å². The van der Waals surface area contributed by atoms with Crippen molar-refractivity contribution < 1.29 is 8.42 Å². The summed E-state index contributed by atoms with van der Waals surface area (Å²) in [5.74, 6) is -0.131. The van der Waals surface area contributed by atoms with Crippen molar-refractivity contribution in [3.05, 3.63) is 52.8 Å². The van der Waals surface area contributed by atoms with Crippen molar-refractivity contribution in [1.82, 2.24) is 9.97 Å². The first kappa shape index (κ1) is 13.0. The highest BCUT2D eigenvalue weighted by Crippen LogP contribution is 2.15. The second-order valence-electron chi connectivity index (χ2n) is 3.86. The molecule has 18 heavy (non-hydrogen) atoms. The van der Waals surface area contributed by atoms with E-state index in [1.807, 2.05) is 6.07 Å². The number of sulfone groups is 1. The molecule has 0 spiro atoms. The van der Waals surface area contributed by atoms with Gasteiger partial charge in [0.15, 0.2) is 0 Å². The molecule has 0 saturated heterocycles. The van der Waals surface area contributed by atoms with Gasteiger partial charge in [-0.15, -0.1) is 0 Å². The highest BCUT2D eigenvalue weighted by Gasteiger charge is 2.19. The Labute approximate surface area is 111 Å². The number of nitrogens with zero attached hydrogens (tertiary/aromatic N) is 2. The van der Waals surface area contributed by atoms with Crippen LogP contribution in [0, 0.1) is 6.92 Å². The number of benzene rings is 1. The lowest BCUT2D eigenvalue weighted by atomic mass is 10.2. The Morgan fingerprint density at radius 2 is 1.83 bits per heavy atom. The Bertz CT molecular complexity index is 637. The molecule has 2 aromatic rings. The maximum absolute atomic E-state index is 12.1. The summed E-state index contributed by atoms with van der Waals surface area (Å²) in [6, 6.07) is 10.4. The molecule has 1 aromatic carbocycles. The monoisotopic (exact) mass is 282 g/mol. The molecule has 0 N–H and O–H groups in total. The van der Waals surface area contributed by atoms with Crippen molar-refractivity contribution in [2.45, 2.75) is 17.8 Å². The molecule has 2 rings (SSSR count). The lowest BCUT2D eigenvalue weighted by Crippen LogP contribution is -2.10. The number of aryl methyl sites for hydroxylation is 1. The summed E-state index contributed by atoms with van der Waals surface area (Å²) in [7, 11) is -3.56. The molecule has 0 aliphatic rings. The van der Waals surface area contributed by atoms with E-state index in [9.17, 15) is 8.42 Å². The normalized spacial score (nSPS) is 11.4. The molecule has 0 fully saturated rings. The van der Waals surface area contributed by atoms with Crippen LogP contribution in [0.2, 0.25) is 5.15 Å². The fraction of sp³-hybridized carbons (Fsp3) is 0.167. The Hall–Kier alpha value is -1.46. The first-order chi connectivity index (χ1) is 8.47. The lowest BCUT2D eigenvalue weighted by molar-refractivity contribution is 0.585. The fourth-order valence-corrected chi connectivity index (χ4v) is 3.07. The van der Waals surface area contributed by atoms with Gasteiger partial charge < -0.3 is 0 Å². The van der Waals surface area contributed by atoms with Crippen LogP contribution >= 0.6 is 11.6 Å². The average molecular weight is 283 g/mol. The molecule has 0 bridgehead atoms. The van der Waals surface area contributed by atoms with Crippen molar-refractivity contribution in [1.29, 1.82) is 0 Å². The minimum absolute atomic E-state index is 0.131. The van der Waals surface area contributed by atoms with Crippen LogP contribution in [0.5, 0.6) is 0 Å². The van der Waals surface area contributed by atoms with Gasteiger partial charge in [0.25, 0.3) is 0 Å². The Kier molecular flexibility index (Phi) is 3.63. The van der Waals surface area contributed by atoms with E-state index in [0.29, 0.717) is 11.3 Å². The number of aromatic nitrogens is 2. The third-order valence-electron chi connectivity index (χ3n) is 2.28. The molecule has 6 heteroatoms. The second-order valence-corrected chi connectivity index (χ2v) is 6.13. The van der Waals surface area contributed by atoms with Gasteiger partial charge in [0.2, 0.25) is 15.0 Å². The van der Waals surface area contributed by atoms with E-state index in [1.54, 1.807) is 31.2 Å². The van der Waals surface area contributed by atoms with Crippen LogP contribution in [0.4, 0.5) is 0 Å². The van der Waals surface area contributed by atoms with E-state index in [2.05, 4.69) is 9.97 Å². The standard InChI is InChI=1S/C12H11ClN2O2S/c1-9-7-11(13)15-12(14-9)18(16,17)8-10-5-3-2-4-6-10/h2-7H,8H2,1H3. The van der Waals surface area contributed by atoms with Crippen LogP contribution in [-0.2, 0) is 15.6 Å². The fourth-order valence-electron chi connectivity index (χ4n) is 1.50. The van der Waals surface area contributed by atoms with Gasteiger partial charge in [-0.1, -0.05) is 41.9 Å². The molecule has 1 heterocycles. The lowest BCUT2D eigenvalue weighted by Gasteiger charge is -2.04. The van der Waals surface area contributed by atoms with Gasteiger partial charge in [-0.3, -0.25) is 0 Å². The number of hydrogen-bond acceptors (Lipinski definition) is 4. The van der Waals surface area contributed by atoms with Crippen LogP contribution < -0.4 is 0 Å². The summed E-state index contributed by atoms with van der Waals surface area (Å²) in [5.41, 5.74) is 1.22. The van der Waals surface area contributed by atoms with E-state index in [4.69, 9.17) is 11.6 Å². The van der Waals surface area contributed by atoms with Crippen LogP contribution in [0.1, 0.15) is 11.3 Å². The SMILES string of the molecule is Cc1cc(Cl)nc(S(=O)(=O)Cc2ccccc2)n1. The van der Waals surface area contributed by atoms with E-state index in [0.717, 1.165) is 0 Å². The highest BCUT2D eigenvalue weighted by atomic mass is 35.5. The maximum Gasteiger partial charge on any atom is 0.249 e. The molecule has 0 aliphatic heterocycles. The van der Waals surface area contributed by atoms with Gasteiger partial charge in [0.05, 0.1) is 5.75 Å². The first-order valence-corrected chi connectivity index (χ1v) is 7.28. The summed E-state index contributed by atoms with van der Waals surface area (Å²) >= 11 is 5.74. The van der Waals surface area contributed by atoms with Crippen molar-refractivity contribution in [3.63, 3.8) is 0 Å². The average Bonchev–Trinajstić information content (AvgIpc) is 2.28. The van der Waals surface area contributed by atoms with Gasteiger partial charge in [0.1, 0.15) is 5.15 Å². The summed E-state index contributed by atoms with van der Waals surface area (Å²) in [5, 5.41) is -0.0921. The summed E-state index contributed by atoms with van der Waals surface area (Å²) in [4.78, 5) is 7.69.